The smallest absolute Gasteiger partial charge is 0.214 e. The van der Waals surface area contributed by atoms with Gasteiger partial charge in [0.05, 0.1) is 6.54 Å². The van der Waals surface area contributed by atoms with Gasteiger partial charge < -0.3 is 9.99 Å². The Morgan fingerprint density at radius 3 is 3.00 bits per heavy atom. The summed E-state index contributed by atoms with van der Waals surface area (Å²) in [4.78, 5) is 0. The summed E-state index contributed by atoms with van der Waals surface area (Å²) >= 11 is 5.14. The van der Waals surface area contributed by atoms with Gasteiger partial charge in [-0.15, -0.1) is 0 Å². The van der Waals surface area contributed by atoms with E-state index in [0.717, 1.165) is 18.8 Å². The first-order valence-electron chi connectivity index (χ1n) is 5.22. The third-order valence-electron chi connectivity index (χ3n) is 2.53. The molecule has 0 atom stereocenters. The molecule has 5 nitrogen and oxygen atoms in total. The summed E-state index contributed by atoms with van der Waals surface area (Å²) in [5, 5.41) is 6.91. The van der Waals surface area contributed by atoms with Crippen molar-refractivity contribution in [3.63, 3.8) is 0 Å². The van der Waals surface area contributed by atoms with Gasteiger partial charge in [0.2, 0.25) is 4.77 Å². The zero-order chi connectivity index (χ0) is 11.5. The molecule has 86 valence electrons. The summed E-state index contributed by atoms with van der Waals surface area (Å²) in [7, 11) is 2.02. The SMILES string of the molecule is CCc1n[nH]c(=S)n1NCc1cccn1C. The maximum absolute atomic E-state index is 5.14. The van der Waals surface area contributed by atoms with Crippen LogP contribution in [0.15, 0.2) is 18.3 Å². The molecule has 2 aromatic rings. The van der Waals surface area contributed by atoms with Crippen LogP contribution in [-0.4, -0.2) is 19.4 Å². The van der Waals surface area contributed by atoms with E-state index in [1.54, 1.807) is 0 Å². The molecule has 2 rings (SSSR count). The van der Waals surface area contributed by atoms with Gasteiger partial charge in [-0.05, 0) is 24.4 Å². The van der Waals surface area contributed by atoms with Crippen molar-refractivity contribution in [1.82, 2.24) is 19.4 Å². The minimum atomic E-state index is 0.603. The van der Waals surface area contributed by atoms with Crippen molar-refractivity contribution in [2.24, 2.45) is 7.05 Å². The normalized spacial score (nSPS) is 10.6. The minimum absolute atomic E-state index is 0.603. The molecule has 0 aliphatic heterocycles. The molecular weight excluding hydrogens is 222 g/mol. The first kappa shape index (κ1) is 10.9. The Morgan fingerprint density at radius 2 is 2.38 bits per heavy atom. The lowest BCUT2D eigenvalue weighted by atomic mass is 10.4. The Balaban J connectivity index is 2.13. The van der Waals surface area contributed by atoms with E-state index in [4.69, 9.17) is 12.2 Å². The maximum atomic E-state index is 5.14. The fourth-order valence-corrected chi connectivity index (χ4v) is 1.79. The highest BCUT2D eigenvalue weighted by molar-refractivity contribution is 7.71. The number of hydrogen-bond donors (Lipinski definition) is 2. The average Bonchev–Trinajstić information content (AvgIpc) is 2.82. The summed E-state index contributed by atoms with van der Waals surface area (Å²) in [5.41, 5.74) is 4.45. The number of aryl methyl sites for hydroxylation is 2. The first-order chi connectivity index (χ1) is 7.72. The van der Waals surface area contributed by atoms with Crippen LogP contribution in [0.1, 0.15) is 18.4 Å². The molecule has 0 unspecified atom stereocenters. The Labute approximate surface area is 99.1 Å². The molecule has 2 aromatic heterocycles. The van der Waals surface area contributed by atoms with E-state index in [1.807, 2.05) is 30.9 Å². The third-order valence-corrected chi connectivity index (χ3v) is 2.80. The lowest BCUT2D eigenvalue weighted by Crippen LogP contribution is -2.18. The van der Waals surface area contributed by atoms with Gasteiger partial charge >= 0.3 is 0 Å². The number of nitrogens with zero attached hydrogens (tertiary/aromatic N) is 3. The highest BCUT2D eigenvalue weighted by Crippen LogP contribution is 2.01. The predicted molar refractivity (Wildman–Crippen MR) is 65.3 cm³/mol. The molecule has 6 heteroatoms. The van der Waals surface area contributed by atoms with Crippen molar-refractivity contribution in [3.8, 4) is 0 Å². The molecule has 0 aliphatic carbocycles. The van der Waals surface area contributed by atoms with E-state index in [9.17, 15) is 0 Å². The van der Waals surface area contributed by atoms with E-state index < -0.39 is 0 Å². The maximum Gasteiger partial charge on any atom is 0.214 e. The molecule has 0 saturated heterocycles. The second-order valence-corrected chi connectivity index (χ2v) is 3.97. The van der Waals surface area contributed by atoms with E-state index in [2.05, 4.69) is 26.3 Å². The van der Waals surface area contributed by atoms with E-state index in [-0.39, 0.29) is 0 Å². The number of nitrogens with one attached hydrogen (secondary N) is 2. The molecule has 0 aromatic carbocycles. The Hall–Kier alpha value is -1.56. The van der Waals surface area contributed by atoms with E-state index in [1.165, 1.54) is 5.69 Å². The number of H-pyrrole nitrogens is 1. The van der Waals surface area contributed by atoms with Gasteiger partial charge in [-0.25, -0.2) is 4.68 Å². The van der Waals surface area contributed by atoms with E-state index in [0.29, 0.717) is 4.77 Å². The summed E-state index contributed by atoms with van der Waals surface area (Å²) in [6, 6.07) is 4.09. The zero-order valence-electron chi connectivity index (χ0n) is 9.40. The quantitative estimate of drug-likeness (QED) is 0.794. The van der Waals surface area contributed by atoms with Crippen molar-refractivity contribution in [1.29, 1.82) is 0 Å². The molecular formula is C10H15N5S. The van der Waals surface area contributed by atoms with Crippen molar-refractivity contribution >= 4 is 12.2 Å². The van der Waals surface area contributed by atoms with Crippen LogP contribution in [0.4, 0.5) is 0 Å². The van der Waals surface area contributed by atoms with Crippen LogP contribution in [-0.2, 0) is 20.0 Å². The minimum Gasteiger partial charge on any atom is -0.353 e. The molecule has 0 fully saturated rings. The number of aromatic nitrogens is 4. The van der Waals surface area contributed by atoms with Crippen molar-refractivity contribution in [2.75, 3.05) is 5.43 Å². The van der Waals surface area contributed by atoms with Gasteiger partial charge in [0.15, 0.2) is 5.82 Å². The summed E-state index contributed by atoms with van der Waals surface area (Å²) < 4.78 is 4.50. The number of aromatic amines is 1. The molecule has 0 bridgehead atoms. The molecule has 2 N–H and O–H groups in total. The van der Waals surface area contributed by atoms with Gasteiger partial charge in [-0.1, -0.05) is 6.92 Å². The van der Waals surface area contributed by atoms with Gasteiger partial charge in [0.1, 0.15) is 0 Å². The van der Waals surface area contributed by atoms with Crippen molar-refractivity contribution in [2.45, 2.75) is 19.9 Å². The predicted octanol–water partition coefficient (Wildman–Crippen LogP) is 1.59. The van der Waals surface area contributed by atoms with Crippen molar-refractivity contribution in [3.05, 3.63) is 34.6 Å². The Bertz CT molecular complexity index is 521. The fraction of sp³-hybridized carbons (Fsp3) is 0.400. The average molecular weight is 237 g/mol. The molecule has 0 spiro atoms. The van der Waals surface area contributed by atoms with Crippen LogP contribution in [0.3, 0.4) is 0 Å². The van der Waals surface area contributed by atoms with Gasteiger partial charge in [-0.3, -0.25) is 5.10 Å². The lowest BCUT2D eigenvalue weighted by molar-refractivity contribution is 0.731. The zero-order valence-corrected chi connectivity index (χ0v) is 10.2. The van der Waals surface area contributed by atoms with Crippen LogP contribution in [0.2, 0.25) is 0 Å². The van der Waals surface area contributed by atoms with Gasteiger partial charge in [-0.2, -0.15) is 5.10 Å². The van der Waals surface area contributed by atoms with Gasteiger partial charge in [0.25, 0.3) is 0 Å². The first-order valence-corrected chi connectivity index (χ1v) is 5.63. The Kier molecular flexibility index (Phi) is 3.09. The topological polar surface area (TPSA) is 50.6 Å². The lowest BCUT2D eigenvalue weighted by Gasteiger charge is -2.09. The van der Waals surface area contributed by atoms with Crippen molar-refractivity contribution < 1.29 is 0 Å². The monoisotopic (exact) mass is 237 g/mol. The van der Waals surface area contributed by atoms with Crippen LogP contribution < -0.4 is 5.43 Å². The molecule has 0 saturated carbocycles. The molecule has 16 heavy (non-hydrogen) atoms. The molecule has 2 heterocycles. The standard InChI is InChI=1S/C10H15N5S/c1-3-9-12-13-10(16)15(9)11-7-8-5-4-6-14(8)2/h4-6,11H,3,7H2,1-2H3,(H,13,16). The van der Waals surface area contributed by atoms with Crippen LogP contribution in [0.25, 0.3) is 0 Å². The summed E-state index contributed by atoms with van der Waals surface area (Å²) in [6.45, 7) is 2.77. The summed E-state index contributed by atoms with van der Waals surface area (Å²) in [5.74, 6) is 0.916. The van der Waals surface area contributed by atoms with Crippen LogP contribution in [0, 0.1) is 4.77 Å². The molecule has 0 aliphatic rings. The summed E-state index contributed by atoms with van der Waals surface area (Å²) in [6.07, 6.45) is 2.86. The second-order valence-electron chi connectivity index (χ2n) is 3.58. The molecule has 0 amide bonds. The van der Waals surface area contributed by atoms with Crippen LogP contribution in [0.5, 0.6) is 0 Å². The Morgan fingerprint density at radius 1 is 1.56 bits per heavy atom. The molecule has 0 radical (unpaired) electrons. The highest BCUT2D eigenvalue weighted by Gasteiger charge is 2.03. The number of rotatable bonds is 4. The van der Waals surface area contributed by atoms with Crippen LogP contribution >= 0.6 is 12.2 Å². The third kappa shape index (κ3) is 2.01. The van der Waals surface area contributed by atoms with Gasteiger partial charge in [0, 0.05) is 25.4 Å². The van der Waals surface area contributed by atoms with E-state index >= 15 is 0 Å². The number of hydrogen-bond acceptors (Lipinski definition) is 3. The second kappa shape index (κ2) is 4.52. The largest absolute Gasteiger partial charge is 0.353 e. The fourth-order valence-electron chi connectivity index (χ4n) is 1.57. The highest BCUT2D eigenvalue weighted by atomic mass is 32.1.